The Hall–Kier alpha value is -3.82. The minimum absolute atomic E-state index is 0.146. The molecule has 0 aliphatic heterocycles. The van der Waals surface area contributed by atoms with Gasteiger partial charge in [-0.3, -0.25) is 4.79 Å². The van der Waals surface area contributed by atoms with E-state index in [-0.39, 0.29) is 17.1 Å². The van der Waals surface area contributed by atoms with Gasteiger partial charge < -0.3 is 5.32 Å². The normalized spacial score (nSPS) is 11.5. The monoisotopic (exact) mass is 461 g/mol. The quantitative estimate of drug-likeness (QED) is 0.434. The first-order chi connectivity index (χ1) is 15.9. The number of nitrogens with one attached hydrogen (secondary N) is 1. The van der Waals surface area contributed by atoms with Crippen LogP contribution in [0.15, 0.2) is 96.0 Å². The Morgan fingerprint density at radius 2 is 1.52 bits per heavy atom. The molecule has 0 aliphatic rings. The van der Waals surface area contributed by atoms with Gasteiger partial charge in [0.2, 0.25) is 10.0 Å². The zero-order chi connectivity index (χ0) is 23.3. The van der Waals surface area contributed by atoms with Gasteiger partial charge in [0.1, 0.15) is 0 Å². The molecule has 1 N–H and O–H groups in total. The molecule has 4 aromatic rings. The maximum absolute atomic E-state index is 12.9. The average molecular weight is 462 g/mol. The fourth-order valence-corrected chi connectivity index (χ4v) is 4.42. The van der Waals surface area contributed by atoms with E-state index in [0.29, 0.717) is 12.2 Å². The lowest BCUT2D eigenvalue weighted by atomic mass is 10.2. The van der Waals surface area contributed by atoms with E-state index >= 15 is 0 Å². The van der Waals surface area contributed by atoms with Gasteiger partial charge in [0.05, 0.1) is 17.6 Å². The first-order valence-corrected chi connectivity index (χ1v) is 11.7. The first-order valence-electron chi connectivity index (χ1n) is 10.3. The van der Waals surface area contributed by atoms with E-state index < -0.39 is 15.9 Å². The Kier molecular flexibility index (Phi) is 6.62. The molecule has 0 aliphatic carbocycles. The standard InChI is InChI=1S/C24H23N5O3S/c1-28(16-19-8-4-2-5-9-19)33(31,32)22-14-12-21(13-15-22)25-24(30)23-18-29(27-26-23)17-20-10-6-3-7-11-20/h2-15,18H,16-17H2,1H3,(H,25,30). The second-order valence-corrected chi connectivity index (χ2v) is 9.56. The van der Waals surface area contributed by atoms with E-state index in [4.69, 9.17) is 0 Å². The Balaban J connectivity index is 1.39. The van der Waals surface area contributed by atoms with E-state index in [2.05, 4.69) is 15.6 Å². The molecule has 1 aromatic heterocycles. The molecule has 0 bridgehead atoms. The third kappa shape index (κ3) is 5.51. The van der Waals surface area contributed by atoms with Crippen molar-refractivity contribution in [2.24, 2.45) is 0 Å². The largest absolute Gasteiger partial charge is 0.321 e. The molecule has 9 heteroatoms. The molecule has 0 saturated carbocycles. The van der Waals surface area contributed by atoms with Gasteiger partial charge in [0.15, 0.2) is 5.69 Å². The van der Waals surface area contributed by atoms with Crippen molar-refractivity contribution in [2.75, 3.05) is 12.4 Å². The van der Waals surface area contributed by atoms with Crippen molar-refractivity contribution in [3.63, 3.8) is 0 Å². The Morgan fingerprint density at radius 3 is 2.15 bits per heavy atom. The number of sulfonamides is 1. The molecule has 8 nitrogen and oxygen atoms in total. The number of hydrogen-bond donors (Lipinski definition) is 1. The lowest BCUT2D eigenvalue weighted by molar-refractivity contribution is 0.102. The second-order valence-electron chi connectivity index (χ2n) is 7.51. The minimum Gasteiger partial charge on any atom is -0.321 e. The number of amides is 1. The number of aromatic nitrogens is 3. The summed E-state index contributed by atoms with van der Waals surface area (Å²) in [5.74, 6) is -0.425. The highest BCUT2D eigenvalue weighted by Gasteiger charge is 2.21. The Labute approximate surface area is 192 Å². The Morgan fingerprint density at radius 1 is 0.909 bits per heavy atom. The van der Waals surface area contributed by atoms with Crippen LogP contribution in [0.2, 0.25) is 0 Å². The average Bonchev–Trinajstić information content (AvgIpc) is 3.29. The van der Waals surface area contributed by atoms with E-state index in [1.54, 1.807) is 23.0 Å². The van der Waals surface area contributed by atoms with Crippen molar-refractivity contribution in [1.82, 2.24) is 19.3 Å². The molecule has 0 radical (unpaired) electrons. The van der Waals surface area contributed by atoms with Crippen LogP contribution >= 0.6 is 0 Å². The van der Waals surface area contributed by atoms with Crippen molar-refractivity contribution in [3.05, 3.63) is 108 Å². The number of rotatable bonds is 8. The summed E-state index contributed by atoms with van der Waals surface area (Å²) in [6.07, 6.45) is 1.57. The van der Waals surface area contributed by atoms with Crippen LogP contribution in [-0.4, -0.2) is 40.7 Å². The number of carbonyl (C=O) groups is 1. The van der Waals surface area contributed by atoms with Crippen molar-refractivity contribution >= 4 is 21.6 Å². The van der Waals surface area contributed by atoms with Gasteiger partial charge in [-0.15, -0.1) is 5.10 Å². The summed E-state index contributed by atoms with van der Waals surface area (Å²) in [7, 11) is -2.13. The molecule has 0 saturated heterocycles. The molecule has 4 rings (SSSR count). The summed E-state index contributed by atoms with van der Waals surface area (Å²) in [4.78, 5) is 12.7. The molecular weight excluding hydrogens is 438 g/mol. The minimum atomic E-state index is -3.67. The van der Waals surface area contributed by atoms with Crippen LogP contribution in [0.1, 0.15) is 21.6 Å². The lowest BCUT2D eigenvalue weighted by Gasteiger charge is -2.17. The van der Waals surface area contributed by atoms with Gasteiger partial charge >= 0.3 is 0 Å². The Bertz CT molecular complexity index is 1320. The van der Waals surface area contributed by atoms with E-state index in [9.17, 15) is 13.2 Å². The highest BCUT2D eigenvalue weighted by molar-refractivity contribution is 7.89. The highest BCUT2D eigenvalue weighted by Crippen LogP contribution is 2.19. The van der Waals surface area contributed by atoms with Crippen molar-refractivity contribution < 1.29 is 13.2 Å². The van der Waals surface area contributed by atoms with Crippen LogP contribution in [-0.2, 0) is 23.1 Å². The fourth-order valence-electron chi connectivity index (χ4n) is 3.26. The van der Waals surface area contributed by atoms with Crippen LogP contribution in [0.4, 0.5) is 5.69 Å². The molecular formula is C24H23N5O3S. The zero-order valence-electron chi connectivity index (χ0n) is 18.0. The molecule has 0 atom stereocenters. The highest BCUT2D eigenvalue weighted by atomic mass is 32.2. The summed E-state index contributed by atoms with van der Waals surface area (Å²) in [6.45, 7) is 0.768. The molecule has 0 fully saturated rings. The number of nitrogens with zero attached hydrogens (tertiary/aromatic N) is 4. The van der Waals surface area contributed by atoms with Crippen LogP contribution in [0.5, 0.6) is 0 Å². The molecule has 1 amide bonds. The molecule has 0 unspecified atom stereocenters. The second kappa shape index (κ2) is 9.76. The third-order valence-corrected chi connectivity index (χ3v) is 6.84. The van der Waals surface area contributed by atoms with Crippen LogP contribution in [0.25, 0.3) is 0 Å². The lowest BCUT2D eigenvalue weighted by Crippen LogP contribution is -2.26. The number of anilines is 1. The maximum atomic E-state index is 12.9. The van der Waals surface area contributed by atoms with E-state index in [1.165, 1.54) is 23.5 Å². The van der Waals surface area contributed by atoms with Crippen LogP contribution < -0.4 is 5.32 Å². The predicted octanol–water partition coefficient (Wildman–Crippen LogP) is 3.40. The molecule has 168 valence electrons. The molecule has 3 aromatic carbocycles. The smallest absolute Gasteiger partial charge is 0.277 e. The molecule has 33 heavy (non-hydrogen) atoms. The third-order valence-electron chi connectivity index (χ3n) is 5.03. The molecule has 0 spiro atoms. The summed E-state index contributed by atoms with van der Waals surface area (Å²) < 4.78 is 28.6. The summed E-state index contributed by atoms with van der Waals surface area (Å²) >= 11 is 0. The number of benzene rings is 3. The van der Waals surface area contributed by atoms with E-state index in [1.807, 2.05) is 60.7 Å². The SMILES string of the molecule is CN(Cc1ccccc1)S(=O)(=O)c1ccc(NC(=O)c2cn(Cc3ccccc3)nn2)cc1. The number of hydrogen-bond acceptors (Lipinski definition) is 5. The van der Waals surface area contributed by atoms with Gasteiger partial charge in [0.25, 0.3) is 5.91 Å². The van der Waals surface area contributed by atoms with Crippen molar-refractivity contribution in [3.8, 4) is 0 Å². The van der Waals surface area contributed by atoms with Gasteiger partial charge in [0, 0.05) is 19.3 Å². The van der Waals surface area contributed by atoms with Gasteiger partial charge in [-0.05, 0) is 35.4 Å². The van der Waals surface area contributed by atoms with Crippen LogP contribution in [0, 0.1) is 0 Å². The number of carbonyl (C=O) groups excluding carboxylic acids is 1. The van der Waals surface area contributed by atoms with Gasteiger partial charge in [-0.2, -0.15) is 4.31 Å². The van der Waals surface area contributed by atoms with Gasteiger partial charge in [-0.25, -0.2) is 13.1 Å². The van der Waals surface area contributed by atoms with E-state index in [0.717, 1.165) is 11.1 Å². The first kappa shape index (κ1) is 22.4. The predicted molar refractivity (Wildman–Crippen MR) is 125 cm³/mol. The summed E-state index contributed by atoms with van der Waals surface area (Å²) in [6, 6.07) is 25.1. The molecule has 1 heterocycles. The zero-order valence-corrected chi connectivity index (χ0v) is 18.8. The van der Waals surface area contributed by atoms with Crippen LogP contribution in [0.3, 0.4) is 0 Å². The fraction of sp³-hybridized carbons (Fsp3) is 0.125. The topological polar surface area (TPSA) is 97.2 Å². The van der Waals surface area contributed by atoms with Gasteiger partial charge in [-0.1, -0.05) is 65.9 Å². The summed E-state index contributed by atoms with van der Waals surface area (Å²) in [5, 5.41) is 10.6. The maximum Gasteiger partial charge on any atom is 0.277 e. The van der Waals surface area contributed by atoms with Crippen molar-refractivity contribution in [1.29, 1.82) is 0 Å². The summed E-state index contributed by atoms with van der Waals surface area (Å²) in [5.41, 5.74) is 2.57. The van der Waals surface area contributed by atoms with Crippen molar-refractivity contribution in [2.45, 2.75) is 18.0 Å².